The molecular formula is C16H16INO3. The van der Waals surface area contributed by atoms with E-state index in [0.717, 1.165) is 5.75 Å². The Kier molecular flexibility index (Phi) is 5.06. The van der Waals surface area contributed by atoms with Crippen molar-refractivity contribution in [2.24, 2.45) is 0 Å². The molecule has 2 aromatic rings. The van der Waals surface area contributed by atoms with Gasteiger partial charge in [0.15, 0.2) is 0 Å². The predicted octanol–water partition coefficient (Wildman–Crippen LogP) is 4.04. The van der Waals surface area contributed by atoms with E-state index in [1.165, 1.54) is 6.07 Å². The summed E-state index contributed by atoms with van der Waals surface area (Å²) in [7, 11) is 0. The SMILES string of the molecule is CC(C)Oc1ccc(NC(=O)c2ccc(I)c(O)c2)cc1. The molecule has 0 saturated heterocycles. The van der Waals surface area contributed by atoms with E-state index in [0.29, 0.717) is 14.8 Å². The normalized spacial score (nSPS) is 10.5. The Morgan fingerprint density at radius 2 is 1.86 bits per heavy atom. The summed E-state index contributed by atoms with van der Waals surface area (Å²) in [5.41, 5.74) is 1.09. The molecule has 2 rings (SSSR count). The Labute approximate surface area is 137 Å². The lowest BCUT2D eigenvalue weighted by Gasteiger charge is -2.11. The van der Waals surface area contributed by atoms with E-state index in [-0.39, 0.29) is 17.8 Å². The molecule has 0 aliphatic heterocycles. The van der Waals surface area contributed by atoms with Crippen LogP contribution in [-0.4, -0.2) is 17.1 Å². The number of rotatable bonds is 4. The molecule has 2 aromatic carbocycles. The number of anilines is 1. The predicted molar refractivity (Wildman–Crippen MR) is 91.0 cm³/mol. The number of carbonyl (C=O) groups is 1. The van der Waals surface area contributed by atoms with Crippen molar-refractivity contribution in [1.29, 1.82) is 0 Å². The lowest BCUT2D eigenvalue weighted by molar-refractivity contribution is 0.102. The summed E-state index contributed by atoms with van der Waals surface area (Å²) in [6.07, 6.45) is 0.111. The van der Waals surface area contributed by atoms with Crippen LogP contribution in [0, 0.1) is 3.57 Å². The number of benzene rings is 2. The molecule has 4 nitrogen and oxygen atoms in total. The highest BCUT2D eigenvalue weighted by atomic mass is 127. The first-order valence-corrected chi connectivity index (χ1v) is 7.60. The number of ether oxygens (including phenoxy) is 1. The minimum Gasteiger partial charge on any atom is -0.507 e. The number of nitrogens with one attached hydrogen (secondary N) is 1. The number of hydrogen-bond acceptors (Lipinski definition) is 3. The molecule has 21 heavy (non-hydrogen) atoms. The van der Waals surface area contributed by atoms with Gasteiger partial charge in [-0.05, 0) is 78.9 Å². The summed E-state index contributed by atoms with van der Waals surface area (Å²) in [6, 6.07) is 12.0. The monoisotopic (exact) mass is 397 g/mol. The van der Waals surface area contributed by atoms with E-state index in [4.69, 9.17) is 4.74 Å². The average molecular weight is 397 g/mol. The van der Waals surface area contributed by atoms with Crippen LogP contribution < -0.4 is 10.1 Å². The number of amides is 1. The first kappa shape index (κ1) is 15.6. The summed E-state index contributed by atoms with van der Waals surface area (Å²) < 4.78 is 6.25. The number of hydrogen-bond donors (Lipinski definition) is 2. The fraction of sp³-hybridized carbons (Fsp3) is 0.188. The summed E-state index contributed by atoms with van der Waals surface area (Å²) >= 11 is 2.01. The molecule has 0 radical (unpaired) electrons. The molecule has 0 heterocycles. The largest absolute Gasteiger partial charge is 0.507 e. The van der Waals surface area contributed by atoms with Crippen LogP contribution in [0.2, 0.25) is 0 Å². The smallest absolute Gasteiger partial charge is 0.255 e. The number of carbonyl (C=O) groups excluding carboxylic acids is 1. The lowest BCUT2D eigenvalue weighted by Crippen LogP contribution is -2.12. The zero-order valence-corrected chi connectivity index (χ0v) is 13.9. The van der Waals surface area contributed by atoms with Gasteiger partial charge in [-0.1, -0.05) is 0 Å². The van der Waals surface area contributed by atoms with E-state index in [2.05, 4.69) is 5.32 Å². The van der Waals surface area contributed by atoms with E-state index in [9.17, 15) is 9.90 Å². The van der Waals surface area contributed by atoms with Crippen molar-refractivity contribution in [3.05, 3.63) is 51.6 Å². The van der Waals surface area contributed by atoms with Crippen molar-refractivity contribution in [3.63, 3.8) is 0 Å². The van der Waals surface area contributed by atoms with Crippen molar-refractivity contribution in [3.8, 4) is 11.5 Å². The third-order valence-electron chi connectivity index (χ3n) is 2.69. The van der Waals surface area contributed by atoms with Gasteiger partial charge in [0, 0.05) is 11.3 Å². The van der Waals surface area contributed by atoms with E-state index >= 15 is 0 Å². The van der Waals surface area contributed by atoms with Crippen molar-refractivity contribution in [1.82, 2.24) is 0 Å². The minimum atomic E-state index is -0.265. The van der Waals surface area contributed by atoms with Gasteiger partial charge in [-0.15, -0.1) is 0 Å². The van der Waals surface area contributed by atoms with Crippen LogP contribution in [0.25, 0.3) is 0 Å². The van der Waals surface area contributed by atoms with Crippen molar-refractivity contribution >= 4 is 34.2 Å². The van der Waals surface area contributed by atoms with Crippen LogP contribution in [0.3, 0.4) is 0 Å². The third kappa shape index (κ3) is 4.35. The van der Waals surface area contributed by atoms with Gasteiger partial charge in [0.2, 0.25) is 0 Å². The highest BCUT2D eigenvalue weighted by Crippen LogP contribution is 2.22. The van der Waals surface area contributed by atoms with Crippen molar-refractivity contribution < 1.29 is 14.6 Å². The Hall–Kier alpha value is -1.76. The molecule has 0 saturated carbocycles. The maximum Gasteiger partial charge on any atom is 0.255 e. The second kappa shape index (κ2) is 6.80. The van der Waals surface area contributed by atoms with Gasteiger partial charge in [-0.3, -0.25) is 4.79 Å². The second-order valence-corrected chi connectivity index (χ2v) is 5.97. The van der Waals surface area contributed by atoms with Gasteiger partial charge >= 0.3 is 0 Å². The van der Waals surface area contributed by atoms with Crippen LogP contribution in [0.15, 0.2) is 42.5 Å². The van der Waals surface area contributed by atoms with Gasteiger partial charge in [0.25, 0.3) is 5.91 Å². The summed E-state index contributed by atoms with van der Waals surface area (Å²) in [5, 5.41) is 12.4. The molecule has 0 fully saturated rings. The van der Waals surface area contributed by atoms with E-state index in [1.54, 1.807) is 36.4 Å². The van der Waals surface area contributed by atoms with Gasteiger partial charge in [0.05, 0.1) is 9.67 Å². The van der Waals surface area contributed by atoms with Gasteiger partial charge in [-0.2, -0.15) is 0 Å². The minimum absolute atomic E-state index is 0.101. The first-order chi connectivity index (χ1) is 9.95. The Morgan fingerprint density at radius 1 is 1.19 bits per heavy atom. The molecule has 5 heteroatoms. The van der Waals surface area contributed by atoms with Crippen LogP contribution in [0.4, 0.5) is 5.69 Å². The number of phenolic OH excluding ortho intramolecular Hbond substituents is 1. The molecule has 0 unspecified atom stereocenters. The molecule has 0 spiro atoms. The van der Waals surface area contributed by atoms with E-state index in [1.807, 2.05) is 36.4 Å². The summed E-state index contributed by atoms with van der Waals surface area (Å²) in [4.78, 5) is 12.1. The number of halogens is 1. The van der Waals surface area contributed by atoms with Crippen LogP contribution in [0.1, 0.15) is 24.2 Å². The van der Waals surface area contributed by atoms with Crippen LogP contribution in [0.5, 0.6) is 11.5 Å². The molecule has 0 bridgehead atoms. The number of aromatic hydroxyl groups is 1. The standard InChI is InChI=1S/C16H16INO3/c1-10(2)21-13-6-4-12(5-7-13)18-16(20)11-3-8-14(17)15(19)9-11/h3-10,19H,1-2H3,(H,18,20). The summed E-state index contributed by atoms with van der Waals surface area (Å²) in [6.45, 7) is 3.91. The van der Waals surface area contributed by atoms with E-state index < -0.39 is 0 Å². The van der Waals surface area contributed by atoms with Crippen molar-refractivity contribution in [2.75, 3.05) is 5.32 Å². The van der Waals surface area contributed by atoms with Crippen LogP contribution >= 0.6 is 22.6 Å². The molecule has 2 N–H and O–H groups in total. The van der Waals surface area contributed by atoms with Gasteiger partial charge in [0.1, 0.15) is 11.5 Å². The molecule has 0 aliphatic carbocycles. The molecule has 1 amide bonds. The quantitative estimate of drug-likeness (QED) is 0.766. The molecule has 110 valence electrons. The number of phenols is 1. The molecular weight excluding hydrogens is 381 g/mol. The molecule has 0 atom stereocenters. The molecule has 0 aromatic heterocycles. The highest BCUT2D eigenvalue weighted by Gasteiger charge is 2.09. The maximum atomic E-state index is 12.1. The van der Waals surface area contributed by atoms with Gasteiger partial charge < -0.3 is 15.2 Å². The highest BCUT2D eigenvalue weighted by molar-refractivity contribution is 14.1. The lowest BCUT2D eigenvalue weighted by atomic mass is 10.2. The topological polar surface area (TPSA) is 58.6 Å². The Morgan fingerprint density at radius 3 is 2.43 bits per heavy atom. The third-order valence-corrected chi connectivity index (χ3v) is 3.60. The zero-order chi connectivity index (χ0) is 15.4. The Bertz CT molecular complexity index is 638. The maximum absolute atomic E-state index is 12.1. The molecule has 0 aliphatic rings. The summed E-state index contributed by atoms with van der Waals surface area (Å²) in [5.74, 6) is 0.595. The fourth-order valence-corrected chi connectivity index (χ4v) is 2.08. The van der Waals surface area contributed by atoms with Crippen molar-refractivity contribution in [2.45, 2.75) is 20.0 Å². The van der Waals surface area contributed by atoms with Crippen LogP contribution in [-0.2, 0) is 0 Å². The van der Waals surface area contributed by atoms with Gasteiger partial charge in [-0.25, -0.2) is 0 Å². The average Bonchev–Trinajstić information content (AvgIpc) is 2.43. The zero-order valence-electron chi connectivity index (χ0n) is 11.8. The second-order valence-electron chi connectivity index (χ2n) is 4.81. The Balaban J connectivity index is 2.06. The first-order valence-electron chi connectivity index (χ1n) is 6.52. The fourth-order valence-electron chi connectivity index (χ4n) is 1.75.